The van der Waals surface area contributed by atoms with Crippen molar-refractivity contribution in [1.29, 1.82) is 0 Å². The molecule has 5 nitrogen and oxygen atoms in total. The van der Waals surface area contributed by atoms with Crippen LogP contribution in [0.2, 0.25) is 0 Å². The molecule has 1 fully saturated rings. The third-order valence-electron chi connectivity index (χ3n) is 3.63. The summed E-state index contributed by atoms with van der Waals surface area (Å²) >= 11 is 0. The van der Waals surface area contributed by atoms with Crippen LogP contribution >= 0.6 is 0 Å². The SMILES string of the molecule is CCCS(=O)(=O)CCC1(CNCCOC)CCOC1. The van der Waals surface area contributed by atoms with Gasteiger partial charge in [-0.1, -0.05) is 6.92 Å². The molecule has 1 N–H and O–H groups in total. The summed E-state index contributed by atoms with van der Waals surface area (Å²) in [7, 11) is -1.23. The van der Waals surface area contributed by atoms with Gasteiger partial charge in [-0.05, 0) is 19.3 Å². The van der Waals surface area contributed by atoms with Gasteiger partial charge in [-0.2, -0.15) is 0 Å². The second-order valence-corrected chi connectivity index (χ2v) is 7.68. The lowest BCUT2D eigenvalue weighted by Gasteiger charge is -2.27. The first-order valence-corrected chi connectivity index (χ1v) is 8.83. The normalized spacial score (nSPS) is 23.9. The van der Waals surface area contributed by atoms with E-state index in [9.17, 15) is 8.42 Å². The third-order valence-corrected chi connectivity index (χ3v) is 5.48. The van der Waals surface area contributed by atoms with Crippen molar-refractivity contribution in [2.24, 2.45) is 5.41 Å². The van der Waals surface area contributed by atoms with E-state index in [1.807, 2.05) is 6.92 Å². The summed E-state index contributed by atoms with van der Waals surface area (Å²) in [5.74, 6) is 0.567. The molecule has 0 saturated carbocycles. The fourth-order valence-corrected chi connectivity index (χ4v) is 3.96. The summed E-state index contributed by atoms with van der Waals surface area (Å²) in [5.41, 5.74) is -0.0193. The summed E-state index contributed by atoms with van der Waals surface area (Å²) in [6.45, 7) is 5.57. The van der Waals surface area contributed by atoms with E-state index >= 15 is 0 Å². The Morgan fingerprint density at radius 2 is 2.16 bits per heavy atom. The van der Waals surface area contributed by atoms with Crippen LogP contribution in [0.4, 0.5) is 0 Å². The van der Waals surface area contributed by atoms with E-state index in [1.165, 1.54) is 0 Å². The summed E-state index contributed by atoms with van der Waals surface area (Å²) < 4.78 is 34.1. The Bertz CT molecular complexity index is 337. The number of rotatable bonds is 10. The molecule has 0 aromatic heterocycles. The molecule has 0 amide bonds. The van der Waals surface area contributed by atoms with Crippen LogP contribution in [-0.2, 0) is 19.3 Å². The first-order valence-electron chi connectivity index (χ1n) is 7.01. The molecule has 1 atom stereocenters. The van der Waals surface area contributed by atoms with Crippen molar-refractivity contribution in [2.75, 3.05) is 51.5 Å². The van der Waals surface area contributed by atoms with Crippen LogP contribution in [-0.4, -0.2) is 59.9 Å². The van der Waals surface area contributed by atoms with Gasteiger partial charge in [0.25, 0.3) is 0 Å². The van der Waals surface area contributed by atoms with Gasteiger partial charge < -0.3 is 14.8 Å². The molecule has 0 aromatic rings. The maximum Gasteiger partial charge on any atom is 0.150 e. The van der Waals surface area contributed by atoms with E-state index in [-0.39, 0.29) is 11.2 Å². The van der Waals surface area contributed by atoms with Crippen LogP contribution in [0, 0.1) is 5.41 Å². The van der Waals surface area contributed by atoms with Gasteiger partial charge in [-0.3, -0.25) is 0 Å². The maximum atomic E-state index is 11.8. The van der Waals surface area contributed by atoms with Gasteiger partial charge in [0.05, 0.1) is 19.0 Å². The summed E-state index contributed by atoms with van der Waals surface area (Å²) in [6.07, 6.45) is 2.32. The molecular formula is C13H27NO4S. The highest BCUT2D eigenvalue weighted by molar-refractivity contribution is 7.91. The zero-order valence-electron chi connectivity index (χ0n) is 12.1. The Hall–Kier alpha value is -0.170. The van der Waals surface area contributed by atoms with Crippen molar-refractivity contribution in [2.45, 2.75) is 26.2 Å². The molecule has 1 aliphatic heterocycles. The molecule has 1 saturated heterocycles. The number of methoxy groups -OCH3 is 1. The lowest BCUT2D eigenvalue weighted by molar-refractivity contribution is 0.143. The molecular weight excluding hydrogens is 266 g/mol. The number of hydrogen-bond donors (Lipinski definition) is 1. The van der Waals surface area contributed by atoms with E-state index in [0.717, 1.165) is 26.1 Å². The van der Waals surface area contributed by atoms with Crippen LogP contribution in [0.15, 0.2) is 0 Å². The molecule has 0 aliphatic carbocycles. The maximum absolute atomic E-state index is 11.8. The van der Waals surface area contributed by atoms with Gasteiger partial charge in [0.1, 0.15) is 9.84 Å². The van der Waals surface area contributed by atoms with Crippen LogP contribution in [0.5, 0.6) is 0 Å². The van der Waals surface area contributed by atoms with Gasteiger partial charge in [-0.15, -0.1) is 0 Å². The van der Waals surface area contributed by atoms with Crippen molar-refractivity contribution in [3.05, 3.63) is 0 Å². The van der Waals surface area contributed by atoms with Crippen molar-refractivity contribution >= 4 is 9.84 Å². The van der Waals surface area contributed by atoms with Gasteiger partial charge in [0.15, 0.2) is 0 Å². The molecule has 19 heavy (non-hydrogen) atoms. The lowest BCUT2D eigenvalue weighted by atomic mass is 9.84. The fourth-order valence-electron chi connectivity index (χ4n) is 2.39. The summed E-state index contributed by atoms with van der Waals surface area (Å²) in [4.78, 5) is 0. The summed E-state index contributed by atoms with van der Waals surface area (Å²) in [5, 5.41) is 3.34. The predicted octanol–water partition coefficient (Wildman–Crippen LogP) is 0.844. The quantitative estimate of drug-likeness (QED) is 0.605. The number of ether oxygens (including phenoxy) is 2. The van der Waals surface area contributed by atoms with Crippen molar-refractivity contribution < 1.29 is 17.9 Å². The van der Waals surface area contributed by atoms with E-state index in [4.69, 9.17) is 9.47 Å². The van der Waals surface area contributed by atoms with Crippen LogP contribution in [0.3, 0.4) is 0 Å². The zero-order chi connectivity index (χ0) is 14.2. The van der Waals surface area contributed by atoms with Gasteiger partial charge in [0.2, 0.25) is 0 Å². The lowest BCUT2D eigenvalue weighted by Crippen LogP contribution is -2.38. The minimum atomic E-state index is -2.90. The van der Waals surface area contributed by atoms with Gasteiger partial charge >= 0.3 is 0 Å². The molecule has 1 aliphatic rings. The van der Waals surface area contributed by atoms with Crippen molar-refractivity contribution in [1.82, 2.24) is 5.32 Å². The van der Waals surface area contributed by atoms with E-state index in [1.54, 1.807) is 7.11 Å². The standard InChI is InChI=1S/C13H27NO4S/c1-3-9-19(15,16)10-5-13(4-7-18-12-13)11-14-6-8-17-2/h14H,3-12H2,1-2H3. The number of hydrogen-bond acceptors (Lipinski definition) is 5. The van der Waals surface area contributed by atoms with Crippen LogP contribution in [0.25, 0.3) is 0 Å². The average Bonchev–Trinajstić information content (AvgIpc) is 2.82. The minimum Gasteiger partial charge on any atom is -0.383 e. The Morgan fingerprint density at radius 1 is 1.37 bits per heavy atom. The highest BCUT2D eigenvalue weighted by Gasteiger charge is 2.35. The van der Waals surface area contributed by atoms with Gasteiger partial charge in [0, 0.05) is 38.0 Å². The Morgan fingerprint density at radius 3 is 2.74 bits per heavy atom. The number of nitrogens with one attached hydrogen (secondary N) is 1. The third kappa shape index (κ3) is 6.21. The molecule has 0 bridgehead atoms. The molecule has 0 spiro atoms. The highest BCUT2D eigenvalue weighted by Crippen LogP contribution is 2.32. The molecule has 0 aromatic carbocycles. The monoisotopic (exact) mass is 293 g/mol. The molecule has 114 valence electrons. The zero-order valence-corrected chi connectivity index (χ0v) is 12.9. The molecule has 6 heteroatoms. The largest absolute Gasteiger partial charge is 0.383 e. The molecule has 1 heterocycles. The van der Waals surface area contributed by atoms with Crippen LogP contribution < -0.4 is 5.32 Å². The van der Waals surface area contributed by atoms with Gasteiger partial charge in [-0.25, -0.2) is 8.42 Å². The highest BCUT2D eigenvalue weighted by atomic mass is 32.2. The Balaban J connectivity index is 2.43. The molecule has 0 radical (unpaired) electrons. The summed E-state index contributed by atoms with van der Waals surface area (Å²) in [6, 6.07) is 0. The molecule has 1 unspecified atom stereocenters. The average molecular weight is 293 g/mol. The van der Waals surface area contributed by atoms with Crippen molar-refractivity contribution in [3.63, 3.8) is 0 Å². The fraction of sp³-hybridized carbons (Fsp3) is 1.00. The van der Waals surface area contributed by atoms with E-state index in [2.05, 4.69) is 5.32 Å². The topological polar surface area (TPSA) is 64.6 Å². The van der Waals surface area contributed by atoms with E-state index in [0.29, 0.717) is 31.8 Å². The minimum absolute atomic E-state index is 0.0193. The Kier molecular flexibility index (Phi) is 7.28. The first kappa shape index (κ1) is 16.9. The Labute approximate surface area is 117 Å². The van der Waals surface area contributed by atoms with E-state index < -0.39 is 9.84 Å². The first-order chi connectivity index (χ1) is 9.04. The number of sulfone groups is 1. The molecule has 1 rings (SSSR count). The smallest absolute Gasteiger partial charge is 0.150 e. The van der Waals surface area contributed by atoms with Crippen molar-refractivity contribution in [3.8, 4) is 0 Å². The second kappa shape index (κ2) is 8.19. The predicted molar refractivity (Wildman–Crippen MR) is 76.2 cm³/mol. The van der Waals surface area contributed by atoms with Crippen LogP contribution in [0.1, 0.15) is 26.2 Å². The second-order valence-electron chi connectivity index (χ2n) is 5.37.